The highest BCUT2D eigenvalue weighted by Crippen LogP contribution is 2.37. The Balaban J connectivity index is 1.70. The number of carbonyl (C=O) groups excluding carboxylic acids is 1. The van der Waals surface area contributed by atoms with Crippen LogP contribution in [0.15, 0.2) is 24.3 Å². The van der Waals surface area contributed by atoms with Gasteiger partial charge in [-0.3, -0.25) is 9.48 Å². The van der Waals surface area contributed by atoms with Gasteiger partial charge in [0.1, 0.15) is 10.5 Å². The number of thiophene rings is 1. The first-order chi connectivity index (χ1) is 13.1. The van der Waals surface area contributed by atoms with Crippen LogP contribution in [0.3, 0.4) is 0 Å². The zero-order chi connectivity index (χ0) is 19.0. The third-order valence-corrected chi connectivity index (χ3v) is 6.28. The summed E-state index contributed by atoms with van der Waals surface area (Å²) >= 11 is 1.48. The number of nitrogens with zero attached hydrogens (tertiary/aromatic N) is 2. The molecule has 4 rings (SSSR count). The third-order valence-electron chi connectivity index (χ3n) is 5.08. The molecule has 1 amide bonds. The van der Waals surface area contributed by atoms with Gasteiger partial charge in [0, 0.05) is 24.0 Å². The van der Waals surface area contributed by atoms with Gasteiger partial charge in [0.25, 0.3) is 5.91 Å². The molecule has 2 aromatic heterocycles. The van der Waals surface area contributed by atoms with Crippen molar-refractivity contribution in [3.05, 3.63) is 29.1 Å². The van der Waals surface area contributed by atoms with E-state index in [-0.39, 0.29) is 5.91 Å². The summed E-state index contributed by atoms with van der Waals surface area (Å²) in [5, 5.41) is 8.79. The summed E-state index contributed by atoms with van der Waals surface area (Å²) in [7, 11) is 5.14. The van der Waals surface area contributed by atoms with Crippen LogP contribution in [0, 0.1) is 0 Å². The smallest absolute Gasteiger partial charge is 0.261 e. The maximum atomic E-state index is 12.6. The molecule has 0 spiro atoms. The van der Waals surface area contributed by atoms with Crippen LogP contribution in [-0.2, 0) is 7.05 Å². The summed E-state index contributed by atoms with van der Waals surface area (Å²) in [5.74, 6) is 1.35. The minimum absolute atomic E-state index is 0.0151. The largest absolute Gasteiger partial charge is 0.493 e. The van der Waals surface area contributed by atoms with Crippen LogP contribution in [0.1, 0.15) is 35.4 Å². The second-order valence-corrected chi connectivity index (χ2v) is 7.86. The Morgan fingerprint density at radius 1 is 1.19 bits per heavy atom. The highest BCUT2D eigenvalue weighted by molar-refractivity contribution is 7.20. The lowest BCUT2D eigenvalue weighted by molar-refractivity contribution is 0.0942. The molecule has 0 saturated heterocycles. The second kappa shape index (κ2) is 7.23. The summed E-state index contributed by atoms with van der Waals surface area (Å²) in [6.07, 6.45) is 4.56. The van der Waals surface area contributed by atoms with Gasteiger partial charge in [-0.05, 0) is 37.1 Å². The molecule has 1 aromatic carbocycles. The van der Waals surface area contributed by atoms with E-state index < -0.39 is 0 Å². The van der Waals surface area contributed by atoms with Gasteiger partial charge in [-0.15, -0.1) is 11.3 Å². The standard InChI is InChI=1S/C20H23N3O3S/c1-23-20-14(11-17(27-20)19(24)21-13-6-4-5-7-13)18(22-23)12-8-9-15(25-2)16(10-12)26-3/h8-11,13H,4-7H2,1-3H3,(H,21,24). The van der Waals surface area contributed by atoms with E-state index in [1.165, 1.54) is 24.2 Å². The number of hydrogen-bond donors (Lipinski definition) is 1. The molecular formula is C20H23N3O3S. The molecule has 142 valence electrons. The van der Waals surface area contributed by atoms with Gasteiger partial charge < -0.3 is 14.8 Å². The van der Waals surface area contributed by atoms with Crippen LogP contribution < -0.4 is 14.8 Å². The number of carbonyl (C=O) groups is 1. The molecule has 3 aromatic rings. The van der Waals surface area contributed by atoms with Crippen molar-refractivity contribution in [2.45, 2.75) is 31.7 Å². The molecule has 1 aliphatic carbocycles. The zero-order valence-corrected chi connectivity index (χ0v) is 16.6. The van der Waals surface area contributed by atoms with E-state index in [9.17, 15) is 4.79 Å². The van der Waals surface area contributed by atoms with Crippen LogP contribution >= 0.6 is 11.3 Å². The van der Waals surface area contributed by atoms with Crippen LogP contribution in [0.5, 0.6) is 11.5 Å². The maximum absolute atomic E-state index is 12.6. The summed E-state index contributed by atoms with van der Waals surface area (Å²) in [6.45, 7) is 0. The number of amides is 1. The third kappa shape index (κ3) is 3.27. The van der Waals surface area contributed by atoms with E-state index in [0.29, 0.717) is 17.5 Å². The predicted octanol–water partition coefficient (Wildman–Crippen LogP) is 3.99. The lowest BCUT2D eigenvalue weighted by Gasteiger charge is -2.10. The SMILES string of the molecule is COc1ccc(-c2nn(C)c3sc(C(=O)NC4CCCC4)cc23)cc1OC. The van der Waals surface area contributed by atoms with Crippen LogP contribution in [-0.4, -0.2) is 35.9 Å². The van der Waals surface area contributed by atoms with Crippen molar-refractivity contribution in [2.24, 2.45) is 7.05 Å². The number of fused-ring (bicyclic) bond motifs is 1. The van der Waals surface area contributed by atoms with Crippen molar-refractivity contribution in [1.29, 1.82) is 0 Å². The van der Waals surface area contributed by atoms with Gasteiger partial charge >= 0.3 is 0 Å². The fourth-order valence-electron chi connectivity index (χ4n) is 3.68. The Hall–Kier alpha value is -2.54. The molecule has 7 heteroatoms. The average molecular weight is 385 g/mol. The fourth-order valence-corrected chi connectivity index (χ4v) is 4.65. The Morgan fingerprint density at radius 2 is 1.93 bits per heavy atom. The van der Waals surface area contributed by atoms with Gasteiger partial charge in [0.15, 0.2) is 11.5 Å². The molecule has 0 bridgehead atoms. The van der Waals surface area contributed by atoms with Crippen LogP contribution in [0.2, 0.25) is 0 Å². The number of rotatable bonds is 5. The molecule has 0 unspecified atom stereocenters. The highest BCUT2D eigenvalue weighted by Gasteiger charge is 2.22. The molecular weight excluding hydrogens is 362 g/mol. The Bertz CT molecular complexity index is 986. The van der Waals surface area contributed by atoms with E-state index in [4.69, 9.17) is 9.47 Å². The topological polar surface area (TPSA) is 65.4 Å². The van der Waals surface area contributed by atoms with Crippen molar-refractivity contribution in [3.63, 3.8) is 0 Å². The zero-order valence-electron chi connectivity index (χ0n) is 15.7. The van der Waals surface area contributed by atoms with Gasteiger partial charge in [-0.25, -0.2) is 0 Å². The molecule has 0 aliphatic heterocycles. The second-order valence-electron chi connectivity index (χ2n) is 6.83. The minimum Gasteiger partial charge on any atom is -0.493 e. The van der Waals surface area contributed by atoms with Crippen molar-refractivity contribution >= 4 is 27.5 Å². The summed E-state index contributed by atoms with van der Waals surface area (Å²) in [6, 6.07) is 8.00. The molecule has 1 saturated carbocycles. The number of ether oxygens (including phenoxy) is 2. The van der Waals surface area contributed by atoms with Crippen molar-refractivity contribution in [1.82, 2.24) is 15.1 Å². The molecule has 6 nitrogen and oxygen atoms in total. The van der Waals surface area contributed by atoms with Crippen LogP contribution in [0.4, 0.5) is 0 Å². The number of methoxy groups -OCH3 is 2. The lowest BCUT2D eigenvalue weighted by atomic mass is 10.1. The first-order valence-electron chi connectivity index (χ1n) is 9.10. The van der Waals surface area contributed by atoms with Gasteiger partial charge in [0.05, 0.1) is 19.1 Å². The number of nitrogens with one attached hydrogen (secondary N) is 1. The molecule has 2 heterocycles. The van der Waals surface area contributed by atoms with E-state index in [1.807, 2.05) is 36.0 Å². The Labute approximate surface area is 162 Å². The maximum Gasteiger partial charge on any atom is 0.261 e. The minimum atomic E-state index is 0.0151. The quantitative estimate of drug-likeness (QED) is 0.721. The summed E-state index contributed by atoms with van der Waals surface area (Å²) in [4.78, 5) is 14.4. The van der Waals surface area contributed by atoms with Gasteiger partial charge in [0.2, 0.25) is 0 Å². The summed E-state index contributed by atoms with van der Waals surface area (Å²) < 4.78 is 12.6. The first kappa shape index (κ1) is 17.9. The average Bonchev–Trinajstić information content (AvgIpc) is 3.40. The normalized spacial score (nSPS) is 14.6. The molecule has 1 N–H and O–H groups in total. The molecule has 1 fully saturated rings. The molecule has 0 radical (unpaired) electrons. The molecule has 1 aliphatic rings. The first-order valence-corrected chi connectivity index (χ1v) is 9.92. The van der Waals surface area contributed by atoms with E-state index in [1.54, 1.807) is 14.2 Å². The molecule has 27 heavy (non-hydrogen) atoms. The van der Waals surface area contributed by atoms with Gasteiger partial charge in [-0.2, -0.15) is 5.10 Å². The number of hydrogen-bond acceptors (Lipinski definition) is 5. The highest BCUT2D eigenvalue weighted by atomic mass is 32.1. The predicted molar refractivity (Wildman–Crippen MR) is 107 cm³/mol. The van der Waals surface area contributed by atoms with Crippen LogP contribution in [0.25, 0.3) is 21.5 Å². The Morgan fingerprint density at radius 3 is 2.63 bits per heavy atom. The van der Waals surface area contributed by atoms with E-state index in [0.717, 1.165) is 39.2 Å². The monoisotopic (exact) mass is 385 g/mol. The number of aromatic nitrogens is 2. The lowest BCUT2D eigenvalue weighted by Crippen LogP contribution is -2.31. The molecule has 0 atom stereocenters. The van der Waals surface area contributed by atoms with Crippen molar-refractivity contribution in [2.75, 3.05) is 14.2 Å². The fraction of sp³-hybridized carbons (Fsp3) is 0.400. The number of aryl methyl sites for hydroxylation is 1. The van der Waals surface area contributed by atoms with Gasteiger partial charge in [-0.1, -0.05) is 12.8 Å². The number of benzene rings is 1. The van der Waals surface area contributed by atoms with E-state index >= 15 is 0 Å². The van der Waals surface area contributed by atoms with Crippen molar-refractivity contribution < 1.29 is 14.3 Å². The van der Waals surface area contributed by atoms with E-state index in [2.05, 4.69) is 10.4 Å². The Kier molecular flexibility index (Phi) is 4.78. The van der Waals surface area contributed by atoms with Crippen molar-refractivity contribution in [3.8, 4) is 22.8 Å². The summed E-state index contributed by atoms with van der Waals surface area (Å²) in [5.41, 5.74) is 1.77.